The molecule has 106 valence electrons. The highest BCUT2D eigenvalue weighted by molar-refractivity contribution is 5.84. The first-order valence-electron chi connectivity index (χ1n) is 6.84. The fourth-order valence-electron chi connectivity index (χ4n) is 1.70. The van der Waals surface area contributed by atoms with Gasteiger partial charge in [-0.1, -0.05) is 32.6 Å². The second-order valence-corrected chi connectivity index (χ2v) is 4.40. The summed E-state index contributed by atoms with van der Waals surface area (Å²) in [5.41, 5.74) is 0.705. The molecule has 0 aliphatic rings. The maximum Gasteiger partial charge on any atom is 0.411 e. The van der Waals surface area contributed by atoms with Gasteiger partial charge in [-0.15, -0.1) is 0 Å². The summed E-state index contributed by atoms with van der Waals surface area (Å²) in [5, 5.41) is 2.68. The van der Waals surface area contributed by atoms with Crippen LogP contribution in [0.1, 0.15) is 39.0 Å². The van der Waals surface area contributed by atoms with Crippen molar-refractivity contribution in [1.29, 1.82) is 0 Å². The molecule has 0 atom stereocenters. The summed E-state index contributed by atoms with van der Waals surface area (Å²) in [7, 11) is 1.61. The van der Waals surface area contributed by atoms with E-state index >= 15 is 0 Å². The van der Waals surface area contributed by atoms with E-state index in [-0.39, 0.29) is 0 Å². The van der Waals surface area contributed by atoms with Crippen LogP contribution in [0.2, 0.25) is 0 Å². The van der Waals surface area contributed by atoms with Gasteiger partial charge in [-0.2, -0.15) is 0 Å². The highest BCUT2D eigenvalue weighted by Gasteiger charge is 2.02. The lowest BCUT2D eigenvalue weighted by molar-refractivity contribution is 0.159. The summed E-state index contributed by atoms with van der Waals surface area (Å²) in [6, 6.07) is 7.14. The number of carbonyl (C=O) groups excluding carboxylic acids is 1. The van der Waals surface area contributed by atoms with Gasteiger partial charge in [0.2, 0.25) is 0 Å². The molecule has 0 fully saturated rings. The molecule has 0 heterocycles. The maximum atomic E-state index is 11.5. The number of nitrogens with one attached hydrogen (secondary N) is 1. The van der Waals surface area contributed by atoms with Crippen molar-refractivity contribution in [2.24, 2.45) is 0 Å². The number of hydrogen-bond acceptors (Lipinski definition) is 3. The van der Waals surface area contributed by atoms with Gasteiger partial charge in [0.15, 0.2) is 0 Å². The molecule has 1 rings (SSSR count). The van der Waals surface area contributed by atoms with Crippen LogP contribution in [0, 0.1) is 0 Å². The van der Waals surface area contributed by atoms with E-state index in [1.807, 2.05) is 0 Å². The lowest BCUT2D eigenvalue weighted by Crippen LogP contribution is -2.14. The van der Waals surface area contributed by atoms with Crippen LogP contribution in [0.3, 0.4) is 0 Å². The summed E-state index contributed by atoms with van der Waals surface area (Å²) in [6.45, 7) is 2.66. The number of anilines is 1. The molecule has 1 N–H and O–H groups in total. The van der Waals surface area contributed by atoms with Crippen molar-refractivity contribution >= 4 is 11.8 Å². The third-order valence-electron chi connectivity index (χ3n) is 2.82. The molecule has 0 radical (unpaired) electrons. The first-order valence-corrected chi connectivity index (χ1v) is 6.84. The fraction of sp³-hybridized carbons (Fsp3) is 0.533. The lowest BCUT2D eigenvalue weighted by Gasteiger charge is -2.07. The zero-order valence-corrected chi connectivity index (χ0v) is 11.8. The van der Waals surface area contributed by atoms with Crippen molar-refractivity contribution < 1.29 is 14.3 Å². The Morgan fingerprint density at radius 2 is 1.79 bits per heavy atom. The standard InChI is InChI=1S/C15H23NO3/c1-3-4-5-6-7-12-19-15(17)16-13-8-10-14(18-2)11-9-13/h8-11H,3-7,12H2,1-2H3,(H,16,17). The molecule has 0 aromatic heterocycles. The third kappa shape index (κ3) is 6.70. The minimum Gasteiger partial charge on any atom is -0.497 e. The first kappa shape index (κ1) is 15.3. The van der Waals surface area contributed by atoms with Gasteiger partial charge in [0, 0.05) is 5.69 Å². The Bertz CT molecular complexity index is 362. The van der Waals surface area contributed by atoms with E-state index in [0.29, 0.717) is 12.3 Å². The van der Waals surface area contributed by atoms with Crippen molar-refractivity contribution in [3.63, 3.8) is 0 Å². The van der Waals surface area contributed by atoms with Gasteiger partial charge in [-0.05, 0) is 30.7 Å². The summed E-state index contributed by atoms with van der Waals surface area (Å²) >= 11 is 0. The number of hydrogen-bond donors (Lipinski definition) is 1. The zero-order chi connectivity index (χ0) is 13.9. The normalized spacial score (nSPS) is 10.0. The molecule has 1 aromatic rings. The van der Waals surface area contributed by atoms with E-state index in [4.69, 9.17) is 9.47 Å². The molecule has 0 bridgehead atoms. The van der Waals surface area contributed by atoms with E-state index in [9.17, 15) is 4.79 Å². The number of rotatable bonds is 8. The van der Waals surface area contributed by atoms with Gasteiger partial charge in [-0.25, -0.2) is 4.79 Å². The Kier molecular flexibility index (Phi) is 7.47. The molecule has 19 heavy (non-hydrogen) atoms. The Hall–Kier alpha value is -1.71. The SMILES string of the molecule is CCCCCCCOC(=O)Nc1ccc(OC)cc1. The minimum absolute atomic E-state index is 0.402. The molecule has 0 spiro atoms. The van der Waals surface area contributed by atoms with Crippen LogP contribution in [0.15, 0.2) is 24.3 Å². The molecule has 1 amide bonds. The van der Waals surface area contributed by atoms with Gasteiger partial charge in [0.25, 0.3) is 0 Å². The van der Waals surface area contributed by atoms with Crippen LogP contribution in [-0.2, 0) is 4.74 Å². The average Bonchev–Trinajstić information content (AvgIpc) is 2.43. The Labute approximate surface area is 115 Å². The lowest BCUT2D eigenvalue weighted by atomic mass is 10.2. The number of carbonyl (C=O) groups is 1. The van der Waals surface area contributed by atoms with E-state index in [0.717, 1.165) is 18.6 Å². The van der Waals surface area contributed by atoms with E-state index in [1.165, 1.54) is 19.3 Å². The largest absolute Gasteiger partial charge is 0.497 e. The fourth-order valence-corrected chi connectivity index (χ4v) is 1.70. The monoisotopic (exact) mass is 265 g/mol. The predicted octanol–water partition coefficient (Wildman–Crippen LogP) is 4.21. The van der Waals surface area contributed by atoms with Crippen LogP contribution in [-0.4, -0.2) is 19.8 Å². The van der Waals surface area contributed by atoms with E-state index in [2.05, 4.69) is 12.2 Å². The smallest absolute Gasteiger partial charge is 0.411 e. The number of benzene rings is 1. The second-order valence-electron chi connectivity index (χ2n) is 4.40. The molecule has 4 heteroatoms. The van der Waals surface area contributed by atoms with Crippen molar-refractivity contribution in [1.82, 2.24) is 0 Å². The Morgan fingerprint density at radius 1 is 1.11 bits per heavy atom. The molecule has 0 saturated carbocycles. The van der Waals surface area contributed by atoms with Crippen LogP contribution >= 0.6 is 0 Å². The van der Waals surface area contributed by atoms with Gasteiger partial charge < -0.3 is 9.47 Å². The molecular formula is C15H23NO3. The number of ether oxygens (including phenoxy) is 2. The topological polar surface area (TPSA) is 47.6 Å². The summed E-state index contributed by atoms with van der Waals surface area (Å²) in [6.07, 6.45) is 5.32. The summed E-state index contributed by atoms with van der Waals surface area (Å²) < 4.78 is 10.1. The molecule has 0 aliphatic carbocycles. The third-order valence-corrected chi connectivity index (χ3v) is 2.82. The highest BCUT2D eigenvalue weighted by Crippen LogP contribution is 2.15. The Morgan fingerprint density at radius 3 is 2.42 bits per heavy atom. The van der Waals surface area contributed by atoms with Crippen LogP contribution < -0.4 is 10.1 Å². The molecule has 0 saturated heterocycles. The molecule has 4 nitrogen and oxygen atoms in total. The first-order chi connectivity index (χ1) is 9.26. The van der Waals surface area contributed by atoms with Crippen LogP contribution in [0.5, 0.6) is 5.75 Å². The number of amides is 1. The molecule has 0 aliphatic heterocycles. The van der Waals surface area contributed by atoms with Gasteiger partial charge in [0.05, 0.1) is 13.7 Å². The maximum absolute atomic E-state index is 11.5. The Balaban J connectivity index is 2.16. The van der Waals surface area contributed by atoms with Gasteiger partial charge >= 0.3 is 6.09 Å². The number of unbranched alkanes of at least 4 members (excludes halogenated alkanes) is 4. The molecular weight excluding hydrogens is 242 g/mol. The summed E-state index contributed by atoms with van der Waals surface area (Å²) in [4.78, 5) is 11.5. The van der Waals surface area contributed by atoms with Crippen molar-refractivity contribution in [2.75, 3.05) is 19.0 Å². The van der Waals surface area contributed by atoms with Crippen molar-refractivity contribution in [3.8, 4) is 5.75 Å². The van der Waals surface area contributed by atoms with Crippen LogP contribution in [0.25, 0.3) is 0 Å². The summed E-state index contributed by atoms with van der Waals surface area (Å²) in [5.74, 6) is 0.759. The highest BCUT2D eigenvalue weighted by atomic mass is 16.5. The average molecular weight is 265 g/mol. The predicted molar refractivity (Wildman–Crippen MR) is 76.7 cm³/mol. The quantitative estimate of drug-likeness (QED) is 0.716. The minimum atomic E-state index is -0.402. The van der Waals surface area contributed by atoms with Gasteiger partial charge in [-0.3, -0.25) is 5.32 Å². The second kappa shape index (κ2) is 9.25. The van der Waals surface area contributed by atoms with Crippen LogP contribution in [0.4, 0.5) is 10.5 Å². The van der Waals surface area contributed by atoms with E-state index < -0.39 is 6.09 Å². The van der Waals surface area contributed by atoms with E-state index in [1.54, 1.807) is 31.4 Å². The molecule has 0 unspecified atom stereocenters. The van der Waals surface area contributed by atoms with Crippen molar-refractivity contribution in [2.45, 2.75) is 39.0 Å². The van der Waals surface area contributed by atoms with Gasteiger partial charge in [0.1, 0.15) is 5.75 Å². The molecule has 1 aromatic carbocycles. The number of methoxy groups -OCH3 is 1. The van der Waals surface area contributed by atoms with Crippen molar-refractivity contribution in [3.05, 3.63) is 24.3 Å². The zero-order valence-electron chi connectivity index (χ0n) is 11.8.